The molecule has 0 amide bonds. The Bertz CT molecular complexity index is 1840. The highest BCUT2D eigenvalue weighted by atomic mass is 15.1. The Kier molecular flexibility index (Phi) is 7.06. The summed E-state index contributed by atoms with van der Waals surface area (Å²) in [7, 11) is 0. The van der Waals surface area contributed by atoms with Gasteiger partial charge in [-0.25, -0.2) is 0 Å². The van der Waals surface area contributed by atoms with Gasteiger partial charge in [-0.15, -0.1) is 0 Å². The summed E-state index contributed by atoms with van der Waals surface area (Å²) in [4.78, 5) is 2.50. The predicted molar refractivity (Wildman–Crippen MR) is 185 cm³/mol. The Morgan fingerprint density at radius 2 is 1.40 bits per heavy atom. The molecular weight excluding hydrogens is 518 g/mol. The molecule has 0 saturated carbocycles. The average molecular weight is 560 g/mol. The molecule has 0 spiro atoms. The van der Waals surface area contributed by atoms with E-state index in [0.29, 0.717) is 0 Å². The van der Waals surface area contributed by atoms with Gasteiger partial charge in [0.1, 0.15) is 0 Å². The summed E-state index contributed by atoms with van der Waals surface area (Å²) in [6.45, 7) is 9.30. The van der Waals surface area contributed by atoms with Gasteiger partial charge in [-0.05, 0) is 121 Å². The number of para-hydroxylation sites is 1. The molecule has 4 aromatic carbocycles. The van der Waals surface area contributed by atoms with Crippen molar-refractivity contribution in [1.82, 2.24) is 0 Å². The molecule has 214 valence electrons. The SMILES string of the molecule is CC1=C(Cc2cc(N(c3ccc4c(c3)C(C)(C)c3ccccc3-4)c3ccccc3C3=CCCC=C3)ccc2C)C=CCC1. The molecule has 1 nitrogen and oxygen atoms in total. The molecule has 0 N–H and O–H groups in total. The first kappa shape index (κ1) is 27.5. The van der Waals surface area contributed by atoms with Gasteiger partial charge in [0, 0.05) is 22.4 Å². The predicted octanol–water partition coefficient (Wildman–Crippen LogP) is 11.7. The molecule has 0 atom stereocenters. The van der Waals surface area contributed by atoms with Gasteiger partial charge in [0.15, 0.2) is 0 Å². The van der Waals surface area contributed by atoms with Crippen LogP contribution in [-0.4, -0.2) is 0 Å². The molecule has 0 aromatic heterocycles. The maximum atomic E-state index is 2.50. The van der Waals surface area contributed by atoms with Crippen LogP contribution in [0.5, 0.6) is 0 Å². The van der Waals surface area contributed by atoms with Gasteiger partial charge < -0.3 is 4.90 Å². The summed E-state index contributed by atoms with van der Waals surface area (Å²) >= 11 is 0. The second-order valence-electron chi connectivity index (χ2n) is 12.9. The Hall–Kier alpha value is -4.36. The summed E-state index contributed by atoms with van der Waals surface area (Å²) in [5, 5.41) is 0. The van der Waals surface area contributed by atoms with E-state index >= 15 is 0 Å². The van der Waals surface area contributed by atoms with Gasteiger partial charge in [-0.1, -0.05) is 104 Å². The lowest BCUT2D eigenvalue weighted by molar-refractivity contribution is 0.660. The Balaban J connectivity index is 1.41. The van der Waals surface area contributed by atoms with Crippen molar-refractivity contribution >= 4 is 22.6 Å². The van der Waals surface area contributed by atoms with E-state index in [1.54, 1.807) is 0 Å². The Morgan fingerprint density at radius 3 is 2.21 bits per heavy atom. The van der Waals surface area contributed by atoms with Crippen molar-refractivity contribution in [2.75, 3.05) is 4.90 Å². The van der Waals surface area contributed by atoms with Crippen molar-refractivity contribution in [3.63, 3.8) is 0 Å². The fourth-order valence-corrected chi connectivity index (χ4v) is 7.22. The zero-order chi connectivity index (χ0) is 29.6. The molecule has 0 saturated heterocycles. The number of benzene rings is 4. The van der Waals surface area contributed by atoms with Crippen LogP contribution in [0.15, 0.2) is 126 Å². The number of hydrogen-bond donors (Lipinski definition) is 0. The number of fused-ring (bicyclic) bond motifs is 3. The van der Waals surface area contributed by atoms with Crippen LogP contribution in [-0.2, 0) is 11.8 Å². The number of hydrogen-bond acceptors (Lipinski definition) is 1. The normalized spacial score (nSPS) is 16.6. The molecule has 4 aromatic rings. The van der Waals surface area contributed by atoms with Crippen LogP contribution in [0.25, 0.3) is 16.7 Å². The van der Waals surface area contributed by atoms with Crippen molar-refractivity contribution in [2.24, 2.45) is 0 Å². The first-order valence-electron chi connectivity index (χ1n) is 15.9. The van der Waals surface area contributed by atoms with Crippen molar-refractivity contribution in [3.8, 4) is 11.1 Å². The summed E-state index contributed by atoms with van der Waals surface area (Å²) in [6, 6.07) is 32.0. The first-order chi connectivity index (χ1) is 20.9. The largest absolute Gasteiger partial charge is 0.310 e. The molecule has 0 radical (unpaired) electrons. The van der Waals surface area contributed by atoms with Crippen LogP contribution in [0.3, 0.4) is 0 Å². The van der Waals surface area contributed by atoms with E-state index in [0.717, 1.165) is 25.7 Å². The monoisotopic (exact) mass is 559 g/mol. The van der Waals surface area contributed by atoms with Crippen molar-refractivity contribution in [2.45, 2.75) is 65.2 Å². The third-order valence-corrected chi connectivity index (χ3v) is 9.80. The second-order valence-corrected chi connectivity index (χ2v) is 12.9. The van der Waals surface area contributed by atoms with Gasteiger partial charge >= 0.3 is 0 Å². The molecule has 0 fully saturated rings. The Morgan fingerprint density at radius 1 is 0.674 bits per heavy atom. The number of nitrogens with zero attached hydrogens (tertiary/aromatic N) is 1. The standard InChI is InChI=1S/C42H41N/c1-29-14-8-9-17-32(29)26-33-27-34(23-22-30(33)2)43(41-21-13-11-18-36(41)31-15-6-5-7-16-31)35-24-25-38-37-19-10-12-20-39(37)42(3,4)40(38)28-35/h6,9-13,15-25,27-28H,5,7-8,14,26H2,1-4H3. The Labute approximate surface area is 257 Å². The van der Waals surface area contributed by atoms with Crippen LogP contribution in [0.1, 0.15) is 74.3 Å². The van der Waals surface area contributed by atoms with Gasteiger partial charge in [0.2, 0.25) is 0 Å². The minimum Gasteiger partial charge on any atom is -0.310 e. The fourth-order valence-electron chi connectivity index (χ4n) is 7.22. The highest BCUT2D eigenvalue weighted by Crippen LogP contribution is 2.51. The summed E-state index contributed by atoms with van der Waals surface area (Å²) in [5.41, 5.74) is 17.4. The number of aryl methyl sites for hydroxylation is 1. The minimum atomic E-state index is -0.0580. The number of anilines is 3. The van der Waals surface area contributed by atoms with Crippen molar-refractivity contribution in [3.05, 3.63) is 154 Å². The van der Waals surface area contributed by atoms with E-state index in [4.69, 9.17) is 0 Å². The molecular formula is C42H41N. The number of allylic oxidation sites excluding steroid dienone is 8. The minimum absolute atomic E-state index is 0.0580. The first-order valence-corrected chi connectivity index (χ1v) is 15.9. The van der Waals surface area contributed by atoms with Crippen LogP contribution in [0.4, 0.5) is 17.1 Å². The maximum Gasteiger partial charge on any atom is 0.0539 e. The average Bonchev–Trinajstić information content (AvgIpc) is 3.26. The smallest absolute Gasteiger partial charge is 0.0539 e. The lowest BCUT2D eigenvalue weighted by Gasteiger charge is -2.30. The second kappa shape index (κ2) is 11.0. The molecule has 1 heteroatoms. The quantitative estimate of drug-likeness (QED) is 0.227. The third-order valence-electron chi connectivity index (χ3n) is 9.80. The molecule has 0 bridgehead atoms. The lowest BCUT2D eigenvalue weighted by atomic mass is 9.82. The maximum absolute atomic E-state index is 2.50. The van der Waals surface area contributed by atoms with E-state index in [1.807, 2.05) is 0 Å². The molecule has 0 heterocycles. The van der Waals surface area contributed by atoms with E-state index in [2.05, 4.69) is 148 Å². The summed E-state index contributed by atoms with van der Waals surface area (Å²) in [6.07, 6.45) is 17.2. The summed E-state index contributed by atoms with van der Waals surface area (Å²) < 4.78 is 0. The van der Waals surface area contributed by atoms with E-state index in [1.165, 1.54) is 79.1 Å². The molecule has 3 aliphatic carbocycles. The topological polar surface area (TPSA) is 3.24 Å². The van der Waals surface area contributed by atoms with E-state index in [9.17, 15) is 0 Å². The van der Waals surface area contributed by atoms with E-state index in [-0.39, 0.29) is 5.41 Å². The summed E-state index contributed by atoms with van der Waals surface area (Å²) in [5.74, 6) is 0. The third kappa shape index (κ3) is 4.91. The number of rotatable bonds is 6. The van der Waals surface area contributed by atoms with Crippen molar-refractivity contribution < 1.29 is 0 Å². The molecule has 43 heavy (non-hydrogen) atoms. The molecule has 3 aliphatic rings. The van der Waals surface area contributed by atoms with Crippen LogP contribution in [0.2, 0.25) is 0 Å². The van der Waals surface area contributed by atoms with Gasteiger partial charge in [0.25, 0.3) is 0 Å². The zero-order valence-corrected chi connectivity index (χ0v) is 26.0. The van der Waals surface area contributed by atoms with Crippen LogP contribution < -0.4 is 4.90 Å². The highest BCUT2D eigenvalue weighted by Gasteiger charge is 2.35. The van der Waals surface area contributed by atoms with Crippen molar-refractivity contribution in [1.29, 1.82) is 0 Å². The van der Waals surface area contributed by atoms with Gasteiger partial charge in [-0.2, -0.15) is 0 Å². The van der Waals surface area contributed by atoms with E-state index < -0.39 is 0 Å². The zero-order valence-electron chi connectivity index (χ0n) is 26.0. The fraction of sp³-hybridized carbons (Fsp3) is 0.238. The lowest BCUT2D eigenvalue weighted by Crippen LogP contribution is -2.17. The van der Waals surface area contributed by atoms with Gasteiger partial charge in [0.05, 0.1) is 5.69 Å². The highest BCUT2D eigenvalue weighted by molar-refractivity contribution is 5.91. The molecule has 7 rings (SSSR count). The van der Waals surface area contributed by atoms with Crippen LogP contribution >= 0.6 is 0 Å². The van der Waals surface area contributed by atoms with Crippen LogP contribution in [0, 0.1) is 6.92 Å². The van der Waals surface area contributed by atoms with Gasteiger partial charge in [-0.3, -0.25) is 0 Å². The molecule has 0 unspecified atom stereocenters. The molecule has 0 aliphatic heterocycles.